The average molecular weight is 252 g/mol. The first-order chi connectivity index (χ1) is 8.63. The molecular formula is C14H24N2O2. The monoisotopic (exact) mass is 252 g/mol. The molecule has 2 rings (SSSR count). The van der Waals surface area contributed by atoms with Gasteiger partial charge in [-0.1, -0.05) is 6.92 Å². The largest absolute Gasteiger partial charge is 0.464 e. The zero-order valence-electron chi connectivity index (χ0n) is 11.6. The second kappa shape index (κ2) is 5.87. The number of hydrogen-bond acceptors (Lipinski definition) is 4. The van der Waals surface area contributed by atoms with Gasteiger partial charge in [0.25, 0.3) is 0 Å². The Kier molecular flexibility index (Phi) is 4.43. The molecule has 0 bridgehead atoms. The van der Waals surface area contributed by atoms with Gasteiger partial charge in [0.1, 0.15) is 11.5 Å². The van der Waals surface area contributed by atoms with Crippen molar-refractivity contribution >= 4 is 0 Å². The van der Waals surface area contributed by atoms with Crippen LogP contribution in [-0.4, -0.2) is 36.7 Å². The highest BCUT2D eigenvalue weighted by Crippen LogP contribution is 2.25. The predicted octanol–water partition coefficient (Wildman–Crippen LogP) is 1.95. The lowest BCUT2D eigenvalue weighted by atomic mass is 10.1. The highest BCUT2D eigenvalue weighted by Gasteiger charge is 2.29. The maximum atomic E-state index is 5.93. The van der Waals surface area contributed by atoms with Crippen LogP contribution in [0.4, 0.5) is 0 Å². The molecular weight excluding hydrogens is 228 g/mol. The number of hydrogen-bond donors (Lipinski definition) is 1. The average Bonchev–Trinajstić information content (AvgIpc) is 2.77. The summed E-state index contributed by atoms with van der Waals surface area (Å²) in [5.74, 6) is 2.01. The molecule has 102 valence electrons. The lowest BCUT2D eigenvalue weighted by molar-refractivity contribution is -0.0819. The molecule has 1 saturated heterocycles. The number of nitrogens with two attached hydrogens (primary N) is 1. The maximum absolute atomic E-state index is 5.93. The molecule has 1 aliphatic heterocycles. The summed E-state index contributed by atoms with van der Waals surface area (Å²) in [4.78, 5) is 2.37. The van der Waals surface area contributed by atoms with Crippen LogP contribution in [0.3, 0.4) is 0 Å². The Morgan fingerprint density at radius 3 is 2.50 bits per heavy atom. The van der Waals surface area contributed by atoms with Crippen molar-refractivity contribution in [1.82, 2.24) is 4.90 Å². The summed E-state index contributed by atoms with van der Waals surface area (Å²) in [7, 11) is 0. The fourth-order valence-corrected chi connectivity index (χ4v) is 2.68. The molecule has 18 heavy (non-hydrogen) atoms. The summed E-state index contributed by atoms with van der Waals surface area (Å²) < 4.78 is 11.6. The van der Waals surface area contributed by atoms with Crippen molar-refractivity contribution in [2.75, 3.05) is 19.6 Å². The van der Waals surface area contributed by atoms with E-state index in [0.29, 0.717) is 6.54 Å². The zero-order chi connectivity index (χ0) is 13.1. The molecule has 1 unspecified atom stereocenters. The summed E-state index contributed by atoms with van der Waals surface area (Å²) in [6.07, 6.45) is 1.43. The van der Waals surface area contributed by atoms with Gasteiger partial charge < -0.3 is 14.9 Å². The molecule has 1 aromatic heterocycles. The number of nitrogens with zero attached hydrogens (tertiary/aromatic N) is 1. The van der Waals surface area contributed by atoms with Gasteiger partial charge in [-0.3, -0.25) is 4.90 Å². The van der Waals surface area contributed by atoms with E-state index in [0.717, 1.165) is 31.0 Å². The topological polar surface area (TPSA) is 51.6 Å². The van der Waals surface area contributed by atoms with Crippen LogP contribution in [0.2, 0.25) is 0 Å². The Morgan fingerprint density at radius 1 is 1.33 bits per heavy atom. The third-order valence-corrected chi connectivity index (χ3v) is 3.47. The number of aryl methyl sites for hydroxylation is 1. The smallest absolute Gasteiger partial charge is 0.122 e. The van der Waals surface area contributed by atoms with Crippen molar-refractivity contribution in [3.05, 3.63) is 23.7 Å². The molecule has 4 heteroatoms. The number of furan rings is 1. The zero-order valence-corrected chi connectivity index (χ0v) is 11.6. The van der Waals surface area contributed by atoms with Crippen molar-refractivity contribution in [1.29, 1.82) is 0 Å². The van der Waals surface area contributed by atoms with E-state index in [-0.39, 0.29) is 18.2 Å². The molecule has 1 aromatic rings. The molecule has 2 N–H and O–H groups in total. The normalized spacial score (nSPS) is 27.3. The van der Waals surface area contributed by atoms with Crippen LogP contribution >= 0.6 is 0 Å². The van der Waals surface area contributed by atoms with E-state index in [2.05, 4.69) is 31.7 Å². The number of morpholine rings is 1. The van der Waals surface area contributed by atoms with Crippen LogP contribution in [0, 0.1) is 0 Å². The first kappa shape index (κ1) is 13.6. The van der Waals surface area contributed by atoms with Crippen LogP contribution < -0.4 is 5.73 Å². The lowest BCUT2D eigenvalue weighted by Gasteiger charge is -2.39. The highest BCUT2D eigenvalue weighted by molar-refractivity contribution is 5.12. The minimum Gasteiger partial charge on any atom is -0.464 e. The summed E-state index contributed by atoms with van der Waals surface area (Å²) in [6, 6.07) is 4.27. The van der Waals surface area contributed by atoms with Crippen LogP contribution in [0.1, 0.15) is 38.3 Å². The van der Waals surface area contributed by atoms with Gasteiger partial charge in [0, 0.05) is 26.1 Å². The number of ether oxygens (including phenoxy) is 1. The van der Waals surface area contributed by atoms with E-state index in [1.165, 1.54) is 0 Å². The Hall–Kier alpha value is -0.840. The number of rotatable bonds is 4. The molecule has 0 radical (unpaired) electrons. The molecule has 0 aliphatic carbocycles. The molecule has 1 aliphatic rings. The van der Waals surface area contributed by atoms with Crippen LogP contribution in [0.5, 0.6) is 0 Å². The third kappa shape index (κ3) is 2.94. The van der Waals surface area contributed by atoms with Crippen molar-refractivity contribution in [2.45, 2.75) is 45.4 Å². The van der Waals surface area contributed by atoms with Crippen molar-refractivity contribution in [2.24, 2.45) is 5.73 Å². The Labute approximate surface area is 109 Å². The van der Waals surface area contributed by atoms with Gasteiger partial charge in [-0.2, -0.15) is 0 Å². The molecule has 0 aromatic carbocycles. The Bertz CT molecular complexity index is 368. The summed E-state index contributed by atoms with van der Waals surface area (Å²) in [5.41, 5.74) is 5.93. The van der Waals surface area contributed by atoms with Crippen LogP contribution in [0.15, 0.2) is 16.5 Å². The first-order valence-corrected chi connectivity index (χ1v) is 6.82. The van der Waals surface area contributed by atoms with E-state index >= 15 is 0 Å². The van der Waals surface area contributed by atoms with Crippen molar-refractivity contribution in [3.8, 4) is 0 Å². The minimum atomic E-state index is 0.166. The molecule has 0 spiro atoms. The van der Waals surface area contributed by atoms with E-state index in [9.17, 15) is 0 Å². The Morgan fingerprint density at radius 2 is 2.00 bits per heavy atom. The van der Waals surface area contributed by atoms with E-state index in [1.54, 1.807) is 0 Å². The minimum absolute atomic E-state index is 0.166. The van der Waals surface area contributed by atoms with E-state index < -0.39 is 0 Å². The summed E-state index contributed by atoms with van der Waals surface area (Å²) >= 11 is 0. The molecule has 3 atom stereocenters. The third-order valence-electron chi connectivity index (χ3n) is 3.47. The van der Waals surface area contributed by atoms with Gasteiger partial charge in [-0.05, 0) is 26.0 Å². The van der Waals surface area contributed by atoms with Crippen molar-refractivity contribution in [3.63, 3.8) is 0 Å². The summed E-state index contributed by atoms with van der Waals surface area (Å²) in [6.45, 7) is 8.71. The van der Waals surface area contributed by atoms with Crippen LogP contribution in [0.25, 0.3) is 0 Å². The van der Waals surface area contributed by atoms with Crippen LogP contribution in [-0.2, 0) is 11.2 Å². The molecule has 1 fully saturated rings. The summed E-state index contributed by atoms with van der Waals surface area (Å²) in [5, 5.41) is 0. The molecule has 4 nitrogen and oxygen atoms in total. The first-order valence-electron chi connectivity index (χ1n) is 6.82. The molecule has 0 saturated carbocycles. The van der Waals surface area contributed by atoms with Gasteiger partial charge in [-0.25, -0.2) is 0 Å². The fraction of sp³-hybridized carbons (Fsp3) is 0.714. The molecule has 2 heterocycles. The van der Waals surface area contributed by atoms with Gasteiger partial charge >= 0.3 is 0 Å². The molecule has 0 amide bonds. The van der Waals surface area contributed by atoms with Gasteiger partial charge in [0.05, 0.1) is 18.2 Å². The predicted molar refractivity (Wildman–Crippen MR) is 71.5 cm³/mol. The lowest BCUT2D eigenvalue weighted by Crippen LogP contribution is -2.48. The standard InChI is InChI=1S/C14H24N2O2/c1-4-12-5-6-14(18-12)13(7-15)16-8-10(2)17-11(3)9-16/h5-6,10-11,13H,4,7-9,15H2,1-3H3/t10-,11+,13?. The quantitative estimate of drug-likeness (QED) is 0.890. The van der Waals surface area contributed by atoms with E-state index in [1.807, 2.05) is 6.07 Å². The van der Waals surface area contributed by atoms with Gasteiger partial charge in [0.15, 0.2) is 0 Å². The maximum Gasteiger partial charge on any atom is 0.122 e. The second-order valence-electron chi connectivity index (χ2n) is 5.12. The van der Waals surface area contributed by atoms with Gasteiger partial charge in [-0.15, -0.1) is 0 Å². The fourth-order valence-electron chi connectivity index (χ4n) is 2.68. The second-order valence-corrected chi connectivity index (χ2v) is 5.12. The Balaban J connectivity index is 2.12. The highest BCUT2D eigenvalue weighted by atomic mass is 16.5. The van der Waals surface area contributed by atoms with Gasteiger partial charge in [0.2, 0.25) is 0 Å². The SMILES string of the molecule is CCc1ccc(C(CN)N2C[C@@H](C)O[C@@H](C)C2)o1. The van der Waals surface area contributed by atoms with Crippen molar-refractivity contribution < 1.29 is 9.15 Å². The van der Waals surface area contributed by atoms with E-state index in [4.69, 9.17) is 14.9 Å².